The fraction of sp³-hybridized carbons (Fsp3) is 0.273. The van der Waals surface area contributed by atoms with Gasteiger partial charge in [-0.05, 0) is 17.7 Å². The third kappa shape index (κ3) is 5.14. The summed E-state index contributed by atoms with van der Waals surface area (Å²) in [7, 11) is 0. The van der Waals surface area contributed by atoms with E-state index in [1.54, 1.807) is 18.6 Å². The second-order valence-electron chi connectivity index (χ2n) is 7.02. The van der Waals surface area contributed by atoms with Crippen molar-refractivity contribution in [3.8, 4) is 0 Å². The van der Waals surface area contributed by atoms with Crippen LogP contribution in [-0.4, -0.2) is 56.8 Å². The summed E-state index contributed by atoms with van der Waals surface area (Å²) < 4.78 is 0. The normalized spacial score (nSPS) is 14.6. The largest absolute Gasteiger partial charge is 0.363 e. The van der Waals surface area contributed by atoms with E-state index in [9.17, 15) is 4.79 Å². The summed E-state index contributed by atoms with van der Waals surface area (Å²) in [5.41, 5.74) is 2.60. The average Bonchev–Trinajstić information content (AvgIpc) is 2.79. The van der Waals surface area contributed by atoms with Crippen molar-refractivity contribution in [2.75, 3.05) is 31.5 Å². The van der Waals surface area contributed by atoms with Gasteiger partial charge in [0.05, 0.1) is 24.6 Å². The fourth-order valence-corrected chi connectivity index (χ4v) is 3.33. The Morgan fingerprint density at radius 2 is 1.69 bits per heavy atom. The Bertz CT molecular complexity index is 909. The standard InChI is InChI=1S/C22H24N6O/c29-22(28-12-10-27(11-13-28)17-18-6-2-1-3-7-18)20-15-26-21(16-24-20)25-14-19-8-4-5-9-23-19/h1-9,15-16H,10-14,17H2,(H,25,26). The first-order valence-electron chi connectivity index (χ1n) is 9.79. The minimum atomic E-state index is -0.0619. The highest BCUT2D eigenvalue weighted by Gasteiger charge is 2.23. The van der Waals surface area contributed by atoms with Gasteiger partial charge in [-0.3, -0.25) is 14.7 Å². The zero-order chi connectivity index (χ0) is 19.9. The van der Waals surface area contributed by atoms with E-state index < -0.39 is 0 Å². The average molecular weight is 388 g/mol. The summed E-state index contributed by atoms with van der Waals surface area (Å²) in [6, 6.07) is 16.2. The molecule has 0 spiro atoms. The van der Waals surface area contributed by atoms with Crippen LogP contribution in [0, 0.1) is 0 Å². The third-order valence-corrected chi connectivity index (χ3v) is 4.96. The molecule has 29 heavy (non-hydrogen) atoms. The number of carbonyl (C=O) groups is 1. The molecular weight excluding hydrogens is 364 g/mol. The highest BCUT2D eigenvalue weighted by molar-refractivity contribution is 5.92. The van der Waals surface area contributed by atoms with Crippen LogP contribution in [-0.2, 0) is 13.1 Å². The SMILES string of the molecule is O=C(c1cnc(NCc2ccccn2)cn1)N1CCN(Cc2ccccc2)CC1. The van der Waals surface area contributed by atoms with Crippen LogP contribution in [0.15, 0.2) is 67.1 Å². The second-order valence-corrected chi connectivity index (χ2v) is 7.02. The third-order valence-electron chi connectivity index (χ3n) is 4.96. The van der Waals surface area contributed by atoms with Gasteiger partial charge in [0, 0.05) is 38.9 Å². The van der Waals surface area contributed by atoms with Gasteiger partial charge in [0.1, 0.15) is 11.5 Å². The van der Waals surface area contributed by atoms with Gasteiger partial charge in [-0.25, -0.2) is 9.97 Å². The molecule has 7 nitrogen and oxygen atoms in total. The number of carbonyl (C=O) groups excluding carboxylic acids is 1. The molecule has 1 fully saturated rings. The first kappa shape index (κ1) is 19.0. The van der Waals surface area contributed by atoms with Crippen LogP contribution in [0.1, 0.15) is 21.7 Å². The van der Waals surface area contributed by atoms with E-state index in [2.05, 4.69) is 49.4 Å². The zero-order valence-corrected chi connectivity index (χ0v) is 16.2. The number of aromatic nitrogens is 3. The van der Waals surface area contributed by atoms with Gasteiger partial charge in [-0.2, -0.15) is 0 Å². The van der Waals surface area contributed by atoms with Crippen LogP contribution in [0.3, 0.4) is 0 Å². The molecule has 3 heterocycles. The van der Waals surface area contributed by atoms with E-state index in [1.165, 1.54) is 5.56 Å². The molecule has 2 aromatic heterocycles. The van der Waals surface area contributed by atoms with E-state index in [0.29, 0.717) is 31.1 Å². The maximum absolute atomic E-state index is 12.7. The van der Waals surface area contributed by atoms with Crippen molar-refractivity contribution in [1.29, 1.82) is 0 Å². The van der Waals surface area contributed by atoms with Crippen molar-refractivity contribution in [2.24, 2.45) is 0 Å². The molecule has 7 heteroatoms. The van der Waals surface area contributed by atoms with E-state index >= 15 is 0 Å². The molecule has 0 radical (unpaired) electrons. The van der Waals surface area contributed by atoms with E-state index in [-0.39, 0.29) is 5.91 Å². The molecule has 0 aliphatic carbocycles. The second kappa shape index (κ2) is 9.25. The number of anilines is 1. The lowest BCUT2D eigenvalue weighted by molar-refractivity contribution is 0.0622. The highest BCUT2D eigenvalue weighted by Crippen LogP contribution is 2.11. The summed E-state index contributed by atoms with van der Waals surface area (Å²) in [4.78, 5) is 29.8. The summed E-state index contributed by atoms with van der Waals surface area (Å²) >= 11 is 0. The lowest BCUT2D eigenvalue weighted by Gasteiger charge is -2.34. The summed E-state index contributed by atoms with van der Waals surface area (Å²) in [5.74, 6) is 0.563. The molecule has 148 valence electrons. The number of rotatable bonds is 6. The molecule has 0 unspecified atom stereocenters. The van der Waals surface area contributed by atoms with E-state index in [4.69, 9.17) is 0 Å². The minimum Gasteiger partial charge on any atom is -0.363 e. The monoisotopic (exact) mass is 388 g/mol. The quantitative estimate of drug-likeness (QED) is 0.699. The maximum atomic E-state index is 12.7. The Labute approximate surface area is 170 Å². The maximum Gasteiger partial charge on any atom is 0.274 e. The first-order valence-corrected chi connectivity index (χ1v) is 9.79. The Kier molecular flexibility index (Phi) is 6.07. The number of piperazine rings is 1. The molecule has 1 aliphatic rings. The Morgan fingerprint density at radius 3 is 2.38 bits per heavy atom. The van der Waals surface area contributed by atoms with Crippen molar-refractivity contribution in [2.45, 2.75) is 13.1 Å². The number of pyridine rings is 1. The Morgan fingerprint density at radius 1 is 0.897 bits per heavy atom. The molecule has 0 atom stereocenters. The fourth-order valence-electron chi connectivity index (χ4n) is 3.33. The van der Waals surface area contributed by atoms with Crippen molar-refractivity contribution < 1.29 is 4.79 Å². The number of hydrogen-bond donors (Lipinski definition) is 1. The van der Waals surface area contributed by atoms with E-state index in [1.807, 2.05) is 29.2 Å². The molecular formula is C22H24N6O. The van der Waals surface area contributed by atoms with Gasteiger partial charge in [0.25, 0.3) is 5.91 Å². The molecule has 4 rings (SSSR count). The Hall–Kier alpha value is -3.32. The van der Waals surface area contributed by atoms with Crippen LogP contribution in [0.4, 0.5) is 5.82 Å². The van der Waals surface area contributed by atoms with Crippen molar-refractivity contribution in [1.82, 2.24) is 24.8 Å². The summed E-state index contributed by atoms with van der Waals surface area (Å²) in [6.07, 6.45) is 4.89. The number of nitrogens with one attached hydrogen (secondary N) is 1. The van der Waals surface area contributed by atoms with Gasteiger partial charge in [0.2, 0.25) is 0 Å². The predicted molar refractivity (Wildman–Crippen MR) is 111 cm³/mol. The zero-order valence-electron chi connectivity index (χ0n) is 16.2. The van der Waals surface area contributed by atoms with Crippen LogP contribution in [0.25, 0.3) is 0 Å². The van der Waals surface area contributed by atoms with Crippen molar-refractivity contribution in [3.05, 3.63) is 84.1 Å². The number of benzene rings is 1. The van der Waals surface area contributed by atoms with Crippen molar-refractivity contribution in [3.63, 3.8) is 0 Å². The molecule has 0 bridgehead atoms. The molecule has 1 saturated heterocycles. The van der Waals surface area contributed by atoms with Crippen LogP contribution >= 0.6 is 0 Å². The lowest BCUT2D eigenvalue weighted by atomic mass is 10.2. The van der Waals surface area contributed by atoms with Gasteiger partial charge >= 0.3 is 0 Å². The topological polar surface area (TPSA) is 74.2 Å². The van der Waals surface area contributed by atoms with Crippen LogP contribution < -0.4 is 5.32 Å². The van der Waals surface area contributed by atoms with Gasteiger partial charge < -0.3 is 10.2 Å². The molecule has 1 N–H and O–H groups in total. The molecule has 3 aromatic rings. The van der Waals surface area contributed by atoms with Crippen LogP contribution in [0.5, 0.6) is 0 Å². The highest BCUT2D eigenvalue weighted by atomic mass is 16.2. The molecule has 1 aromatic carbocycles. The predicted octanol–water partition coefficient (Wildman–Crippen LogP) is 2.44. The number of nitrogens with zero attached hydrogens (tertiary/aromatic N) is 5. The van der Waals surface area contributed by atoms with Gasteiger partial charge in [0.15, 0.2) is 0 Å². The molecule has 1 amide bonds. The summed E-state index contributed by atoms with van der Waals surface area (Å²) in [5, 5.41) is 3.17. The number of hydrogen-bond acceptors (Lipinski definition) is 6. The van der Waals surface area contributed by atoms with Gasteiger partial charge in [-0.15, -0.1) is 0 Å². The molecule has 0 saturated carbocycles. The minimum absolute atomic E-state index is 0.0619. The first-order chi connectivity index (χ1) is 14.3. The molecule has 1 aliphatic heterocycles. The van der Waals surface area contributed by atoms with E-state index in [0.717, 1.165) is 25.3 Å². The van der Waals surface area contributed by atoms with Crippen LogP contribution in [0.2, 0.25) is 0 Å². The lowest BCUT2D eigenvalue weighted by Crippen LogP contribution is -2.48. The summed E-state index contributed by atoms with van der Waals surface area (Å²) in [6.45, 7) is 4.60. The van der Waals surface area contributed by atoms with Crippen molar-refractivity contribution >= 4 is 11.7 Å². The smallest absolute Gasteiger partial charge is 0.274 e. The number of amides is 1. The van der Waals surface area contributed by atoms with Gasteiger partial charge in [-0.1, -0.05) is 36.4 Å². The Balaban J connectivity index is 1.27.